The number of aromatic nitrogens is 3. The number of hydrogen-bond acceptors (Lipinski definition) is 7. The molecule has 0 unspecified atom stereocenters. The molecule has 1 amide bonds. The Bertz CT molecular complexity index is 1340. The second-order valence-corrected chi connectivity index (χ2v) is 12.3. The summed E-state index contributed by atoms with van der Waals surface area (Å²) in [6.45, 7) is 10.4. The molecule has 1 saturated carbocycles. The third-order valence-corrected chi connectivity index (χ3v) is 9.75. The van der Waals surface area contributed by atoms with E-state index in [0.29, 0.717) is 17.9 Å². The van der Waals surface area contributed by atoms with E-state index in [1.165, 1.54) is 0 Å². The number of piperidine rings is 1. The molecule has 220 valence electrons. The summed E-state index contributed by atoms with van der Waals surface area (Å²) in [5.74, 6) is 1.29. The van der Waals surface area contributed by atoms with E-state index in [1.54, 1.807) is 7.11 Å². The first-order valence-electron chi connectivity index (χ1n) is 15.2. The van der Waals surface area contributed by atoms with Gasteiger partial charge in [-0.1, -0.05) is 13.0 Å². The number of ether oxygens (including phenoxy) is 2. The van der Waals surface area contributed by atoms with Crippen molar-refractivity contribution in [2.75, 3.05) is 65.0 Å². The minimum absolute atomic E-state index is 0.243. The van der Waals surface area contributed by atoms with Crippen LogP contribution in [-0.4, -0.2) is 96.4 Å². The molecular weight excluding hydrogens is 516 g/mol. The van der Waals surface area contributed by atoms with Gasteiger partial charge in [0.15, 0.2) is 0 Å². The molecule has 2 aliphatic heterocycles. The van der Waals surface area contributed by atoms with Gasteiger partial charge in [-0.3, -0.25) is 14.7 Å². The van der Waals surface area contributed by atoms with Crippen molar-refractivity contribution in [3.05, 3.63) is 48.4 Å². The summed E-state index contributed by atoms with van der Waals surface area (Å²) < 4.78 is 13.4. The molecule has 0 bridgehead atoms. The molecule has 0 aromatic carbocycles. The van der Waals surface area contributed by atoms with E-state index in [0.717, 1.165) is 99.6 Å². The number of amides is 1. The fourth-order valence-electron chi connectivity index (χ4n) is 7.05. The summed E-state index contributed by atoms with van der Waals surface area (Å²) in [5.41, 5.74) is 5.00. The largest absolute Gasteiger partial charge is 0.383 e. The van der Waals surface area contributed by atoms with Crippen LogP contribution in [-0.2, 0) is 19.9 Å². The summed E-state index contributed by atoms with van der Waals surface area (Å²) in [6.07, 6.45) is 9.86. The number of likely N-dealkylation sites (tertiary alicyclic amines) is 1. The van der Waals surface area contributed by atoms with E-state index in [-0.39, 0.29) is 11.5 Å². The zero-order valence-electron chi connectivity index (χ0n) is 25.0. The standard InChI is InChI=1S/C32H44N6O3/c1-23-17-25(18-23)31(39)37-15-13-36(14-16-37)29-7-10-34-38-21-26(19-30(29)38)28-6-5-27(20-33-28)32(41-4)8-11-35(12-9-32)24(2)22-40-3/h5-7,10,19-21,23-25H,8-9,11-18,22H2,1-4H3/t23?,24-,25?/m1/s1. The number of fused-ring (bicyclic) bond motifs is 1. The molecular formula is C32H44N6O3. The van der Waals surface area contributed by atoms with Gasteiger partial charge >= 0.3 is 0 Å². The predicted molar refractivity (Wildman–Crippen MR) is 160 cm³/mol. The maximum Gasteiger partial charge on any atom is 0.225 e. The molecule has 3 aromatic rings. The third-order valence-electron chi connectivity index (χ3n) is 9.75. The van der Waals surface area contributed by atoms with Crippen molar-refractivity contribution in [1.29, 1.82) is 0 Å². The SMILES string of the molecule is COC[C@@H](C)N1CCC(OC)(c2ccc(-c3cc4c(N5CCN(C(=O)C6CC(C)C6)CC5)ccnn4c3)nc2)CC1. The summed E-state index contributed by atoms with van der Waals surface area (Å²) in [7, 11) is 3.58. The Morgan fingerprint density at radius 1 is 1.07 bits per heavy atom. The van der Waals surface area contributed by atoms with Gasteiger partial charge in [0.25, 0.3) is 0 Å². The quantitative estimate of drug-likeness (QED) is 0.411. The lowest BCUT2D eigenvalue weighted by molar-refractivity contribution is -0.140. The van der Waals surface area contributed by atoms with E-state index in [9.17, 15) is 4.79 Å². The lowest BCUT2D eigenvalue weighted by Crippen LogP contribution is -2.52. The van der Waals surface area contributed by atoms with E-state index >= 15 is 0 Å². The van der Waals surface area contributed by atoms with Gasteiger partial charge in [-0.25, -0.2) is 4.52 Å². The number of anilines is 1. The second kappa shape index (κ2) is 11.7. The third kappa shape index (κ3) is 5.47. The molecule has 9 nitrogen and oxygen atoms in total. The number of pyridine rings is 1. The average molecular weight is 561 g/mol. The first-order chi connectivity index (χ1) is 19.9. The Balaban J connectivity index is 1.14. The van der Waals surface area contributed by atoms with Crippen LogP contribution in [0, 0.1) is 11.8 Å². The van der Waals surface area contributed by atoms with Crippen LogP contribution in [0.15, 0.2) is 42.9 Å². The van der Waals surface area contributed by atoms with Gasteiger partial charge in [-0.2, -0.15) is 5.10 Å². The number of rotatable bonds is 8. The highest BCUT2D eigenvalue weighted by Gasteiger charge is 2.38. The van der Waals surface area contributed by atoms with E-state index in [1.807, 2.05) is 24.0 Å². The average Bonchev–Trinajstić information content (AvgIpc) is 3.44. The van der Waals surface area contributed by atoms with Crippen LogP contribution in [0.1, 0.15) is 45.1 Å². The number of piperazine rings is 1. The smallest absolute Gasteiger partial charge is 0.225 e. The molecule has 9 heteroatoms. The fourth-order valence-corrected chi connectivity index (χ4v) is 7.05. The van der Waals surface area contributed by atoms with Crippen molar-refractivity contribution in [3.63, 3.8) is 0 Å². The number of carbonyl (C=O) groups excluding carboxylic acids is 1. The van der Waals surface area contributed by atoms with Gasteiger partial charge < -0.3 is 19.3 Å². The van der Waals surface area contributed by atoms with Gasteiger partial charge in [0.05, 0.1) is 29.1 Å². The van der Waals surface area contributed by atoms with Crippen LogP contribution in [0.2, 0.25) is 0 Å². The predicted octanol–water partition coefficient (Wildman–Crippen LogP) is 4.06. The molecule has 2 saturated heterocycles. The number of methoxy groups -OCH3 is 2. The number of hydrogen-bond donors (Lipinski definition) is 0. The minimum Gasteiger partial charge on any atom is -0.383 e. The second-order valence-electron chi connectivity index (χ2n) is 12.3. The molecule has 0 spiro atoms. The number of nitrogens with zero attached hydrogens (tertiary/aromatic N) is 6. The summed E-state index contributed by atoms with van der Waals surface area (Å²) >= 11 is 0. The topological polar surface area (TPSA) is 75.4 Å². The van der Waals surface area contributed by atoms with Crippen LogP contribution in [0.25, 0.3) is 16.8 Å². The first kappa shape index (κ1) is 28.1. The highest BCUT2D eigenvalue weighted by Crippen LogP contribution is 2.38. The molecule has 3 aliphatic rings. The molecule has 1 aliphatic carbocycles. The molecule has 41 heavy (non-hydrogen) atoms. The molecule has 0 radical (unpaired) electrons. The monoisotopic (exact) mass is 560 g/mol. The zero-order chi connectivity index (χ0) is 28.6. The Morgan fingerprint density at radius 2 is 1.83 bits per heavy atom. The maximum atomic E-state index is 12.8. The van der Waals surface area contributed by atoms with Gasteiger partial charge in [0.1, 0.15) is 0 Å². The van der Waals surface area contributed by atoms with Crippen molar-refractivity contribution in [3.8, 4) is 11.3 Å². The highest BCUT2D eigenvalue weighted by atomic mass is 16.5. The lowest BCUT2D eigenvalue weighted by Gasteiger charge is -2.43. The molecule has 6 rings (SSSR count). The highest BCUT2D eigenvalue weighted by molar-refractivity contribution is 5.81. The van der Waals surface area contributed by atoms with Crippen molar-refractivity contribution in [1.82, 2.24) is 24.4 Å². The Morgan fingerprint density at radius 3 is 2.46 bits per heavy atom. The van der Waals surface area contributed by atoms with E-state index < -0.39 is 0 Å². The van der Waals surface area contributed by atoms with Crippen LogP contribution in [0.5, 0.6) is 0 Å². The molecule has 3 aromatic heterocycles. The molecule has 3 fully saturated rings. The van der Waals surface area contributed by atoms with Gasteiger partial charge in [-0.15, -0.1) is 0 Å². The molecule has 5 heterocycles. The van der Waals surface area contributed by atoms with E-state index in [2.05, 4.69) is 64.1 Å². The normalized spacial score (nSPS) is 23.9. The van der Waals surface area contributed by atoms with Crippen LogP contribution in [0.4, 0.5) is 5.69 Å². The summed E-state index contributed by atoms with van der Waals surface area (Å²) in [4.78, 5) is 24.7. The zero-order valence-corrected chi connectivity index (χ0v) is 25.0. The first-order valence-corrected chi connectivity index (χ1v) is 15.2. The van der Waals surface area contributed by atoms with Crippen molar-refractivity contribution < 1.29 is 14.3 Å². The molecule has 1 atom stereocenters. The van der Waals surface area contributed by atoms with Gasteiger partial charge in [0.2, 0.25) is 5.91 Å². The maximum absolute atomic E-state index is 12.8. The van der Waals surface area contributed by atoms with Crippen molar-refractivity contribution in [2.24, 2.45) is 11.8 Å². The molecule has 0 N–H and O–H groups in total. The summed E-state index contributed by atoms with van der Waals surface area (Å²) in [5, 5.41) is 4.59. The van der Waals surface area contributed by atoms with Crippen molar-refractivity contribution >= 4 is 17.1 Å². The fraction of sp³-hybridized carbons (Fsp3) is 0.594. The van der Waals surface area contributed by atoms with Crippen LogP contribution in [0.3, 0.4) is 0 Å². The Labute approximate surface area is 243 Å². The van der Waals surface area contributed by atoms with Gasteiger partial charge in [-0.05, 0) is 56.7 Å². The Hall–Kier alpha value is -3.01. The van der Waals surface area contributed by atoms with E-state index in [4.69, 9.17) is 14.5 Å². The minimum atomic E-state index is -0.310. The van der Waals surface area contributed by atoms with Crippen LogP contribution >= 0.6 is 0 Å². The van der Waals surface area contributed by atoms with Gasteiger partial charge in [0, 0.05) is 95.2 Å². The summed E-state index contributed by atoms with van der Waals surface area (Å²) in [6, 6.07) is 8.95. The van der Waals surface area contributed by atoms with Crippen LogP contribution < -0.4 is 4.90 Å². The number of carbonyl (C=O) groups is 1. The Kier molecular flexibility index (Phi) is 8.03. The lowest BCUT2D eigenvalue weighted by atomic mass is 9.75. The van der Waals surface area contributed by atoms with Crippen molar-refractivity contribution in [2.45, 2.75) is 51.2 Å².